The maximum absolute atomic E-state index is 14.0. The van der Waals surface area contributed by atoms with Gasteiger partial charge in [-0.2, -0.15) is 0 Å². The Morgan fingerprint density at radius 1 is 1.00 bits per heavy atom. The van der Waals surface area contributed by atoms with E-state index in [1.807, 2.05) is 0 Å². The second kappa shape index (κ2) is 5.18. The molecule has 3 rings (SSSR count). The van der Waals surface area contributed by atoms with Crippen molar-refractivity contribution < 1.29 is 13.3 Å². The molecule has 106 valence electrons. The van der Waals surface area contributed by atoms with Crippen LogP contribution in [-0.2, 0) is 0 Å². The number of aromatic nitrogens is 1. The third kappa shape index (κ3) is 2.36. The van der Waals surface area contributed by atoms with E-state index in [0.717, 1.165) is 0 Å². The van der Waals surface area contributed by atoms with Crippen molar-refractivity contribution in [3.63, 3.8) is 0 Å². The summed E-state index contributed by atoms with van der Waals surface area (Å²) in [6.45, 7) is 0. The van der Waals surface area contributed by atoms with Crippen LogP contribution in [0.15, 0.2) is 47.0 Å². The zero-order valence-electron chi connectivity index (χ0n) is 10.6. The molecule has 6 heteroatoms. The van der Waals surface area contributed by atoms with Gasteiger partial charge in [0.15, 0.2) is 11.6 Å². The third-order valence-electron chi connectivity index (χ3n) is 3.03. The van der Waals surface area contributed by atoms with Crippen molar-refractivity contribution in [2.45, 2.75) is 0 Å². The Kier molecular flexibility index (Phi) is 3.35. The highest BCUT2D eigenvalue weighted by atomic mass is 35.5. The van der Waals surface area contributed by atoms with Crippen LogP contribution >= 0.6 is 11.6 Å². The number of hydrogen-bond donors (Lipinski definition) is 1. The Bertz CT molecular complexity index is 817. The minimum atomic E-state index is -0.562. The van der Waals surface area contributed by atoms with Gasteiger partial charge in [0, 0.05) is 10.6 Å². The molecule has 21 heavy (non-hydrogen) atoms. The van der Waals surface area contributed by atoms with Gasteiger partial charge in [-0.05, 0) is 24.3 Å². The summed E-state index contributed by atoms with van der Waals surface area (Å²) in [5.74, 6) is -1.05. The standard InChI is InChI=1S/C15H9ClF2N2O/c16-8-5-6-12(18)10(7-8)14-13(15(19)20-21-14)9-3-1-2-4-11(9)17/h1-7H,(H2,19,20). The molecule has 0 radical (unpaired) electrons. The van der Waals surface area contributed by atoms with Crippen molar-refractivity contribution in [2.75, 3.05) is 5.73 Å². The highest BCUT2D eigenvalue weighted by molar-refractivity contribution is 6.30. The quantitative estimate of drug-likeness (QED) is 0.757. The largest absolute Gasteiger partial charge is 0.380 e. The number of halogens is 3. The first kappa shape index (κ1) is 13.6. The van der Waals surface area contributed by atoms with Gasteiger partial charge in [0.1, 0.15) is 11.6 Å². The van der Waals surface area contributed by atoms with Crippen LogP contribution in [0.25, 0.3) is 22.5 Å². The number of anilines is 1. The van der Waals surface area contributed by atoms with Crippen LogP contribution in [-0.4, -0.2) is 5.16 Å². The fourth-order valence-electron chi connectivity index (χ4n) is 2.08. The topological polar surface area (TPSA) is 52.0 Å². The summed E-state index contributed by atoms with van der Waals surface area (Å²) in [4.78, 5) is 0. The first-order valence-electron chi connectivity index (χ1n) is 6.03. The van der Waals surface area contributed by atoms with E-state index in [1.54, 1.807) is 12.1 Å². The van der Waals surface area contributed by atoms with Gasteiger partial charge in [0.25, 0.3) is 0 Å². The predicted molar refractivity (Wildman–Crippen MR) is 76.7 cm³/mol. The Labute approximate surface area is 123 Å². The lowest BCUT2D eigenvalue weighted by Crippen LogP contribution is -1.92. The average molecular weight is 307 g/mol. The number of rotatable bonds is 2. The minimum Gasteiger partial charge on any atom is -0.380 e. The second-order valence-electron chi connectivity index (χ2n) is 4.38. The number of nitrogen functional groups attached to an aromatic ring is 1. The van der Waals surface area contributed by atoms with Crippen LogP contribution in [0.1, 0.15) is 0 Å². The molecule has 0 spiro atoms. The summed E-state index contributed by atoms with van der Waals surface area (Å²) in [6, 6.07) is 9.96. The second-order valence-corrected chi connectivity index (χ2v) is 4.81. The van der Waals surface area contributed by atoms with Gasteiger partial charge in [0.2, 0.25) is 0 Å². The highest BCUT2D eigenvalue weighted by Crippen LogP contribution is 2.39. The molecule has 1 heterocycles. The zero-order chi connectivity index (χ0) is 15.0. The van der Waals surface area contributed by atoms with Crippen molar-refractivity contribution in [3.8, 4) is 22.5 Å². The van der Waals surface area contributed by atoms with Crippen molar-refractivity contribution in [1.29, 1.82) is 0 Å². The van der Waals surface area contributed by atoms with Crippen molar-refractivity contribution >= 4 is 17.4 Å². The molecule has 0 aliphatic rings. The number of nitrogens with zero attached hydrogens (tertiary/aromatic N) is 1. The Balaban J connectivity index is 2.27. The van der Waals surface area contributed by atoms with E-state index in [1.165, 1.54) is 30.3 Å². The maximum atomic E-state index is 14.0. The van der Waals surface area contributed by atoms with E-state index >= 15 is 0 Å². The van der Waals surface area contributed by atoms with Gasteiger partial charge in [-0.1, -0.05) is 35.0 Å². The summed E-state index contributed by atoms with van der Waals surface area (Å²) in [5, 5.41) is 3.93. The van der Waals surface area contributed by atoms with Gasteiger partial charge < -0.3 is 10.3 Å². The van der Waals surface area contributed by atoms with E-state index in [9.17, 15) is 8.78 Å². The molecule has 0 bridgehead atoms. The normalized spacial score (nSPS) is 10.8. The van der Waals surface area contributed by atoms with Crippen LogP contribution in [0.4, 0.5) is 14.6 Å². The van der Waals surface area contributed by atoms with Crippen LogP contribution in [0.2, 0.25) is 5.02 Å². The number of hydrogen-bond acceptors (Lipinski definition) is 3. The fraction of sp³-hybridized carbons (Fsp3) is 0. The van der Waals surface area contributed by atoms with Crippen LogP contribution in [0, 0.1) is 11.6 Å². The molecule has 0 aliphatic heterocycles. The van der Waals surface area contributed by atoms with E-state index in [2.05, 4.69) is 5.16 Å². The summed E-state index contributed by atoms with van der Waals surface area (Å²) < 4.78 is 33.0. The summed E-state index contributed by atoms with van der Waals surface area (Å²) in [7, 11) is 0. The summed E-state index contributed by atoms with van der Waals surface area (Å²) >= 11 is 5.87. The predicted octanol–water partition coefficient (Wildman–Crippen LogP) is 4.52. The van der Waals surface area contributed by atoms with E-state index in [-0.39, 0.29) is 28.3 Å². The number of nitrogens with two attached hydrogens (primary N) is 1. The molecule has 0 amide bonds. The first-order valence-corrected chi connectivity index (χ1v) is 6.41. The Morgan fingerprint density at radius 3 is 2.48 bits per heavy atom. The van der Waals surface area contributed by atoms with Gasteiger partial charge in [-0.15, -0.1) is 0 Å². The van der Waals surface area contributed by atoms with Crippen LogP contribution in [0.5, 0.6) is 0 Å². The molecule has 3 nitrogen and oxygen atoms in total. The molecule has 2 N–H and O–H groups in total. The molecule has 0 unspecified atom stereocenters. The molecule has 0 fully saturated rings. The third-order valence-corrected chi connectivity index (χ3v) is 3.27. The summed E-state index contributed by atoms with van der Waals surface area (Å²) in [5.41, 5.74) is 6.20. The molecule has 0 atom stereocenters. The Morgan fingerprint density at radius 2 is 1.71 bits per heavy atom. The summed E-state index contributed by atoms with van der Waals surface area (Å²) in [6.07, 6.45) is 0. The average Bonchev–Trinajstić information content (AvgIpc) is 2.84. The highest BCUT2D eigenvalue weighted by Gasteiger charge is 2.22. The maximum Gasteiger partial charge on any atom is 0.180 e. The van der Waals surface area contributed by atoms with Gasteiger partial charge in [0.05, 0.1) is 11.1 Å². The van der Waals surface area contributed by atoms with Gasteiger partial charge in [-0.3, -0.25) is 0 Å². The van der Waals surface area contributed by atoms with Gasteiger partial charge >= 0.3 is 0 Å². The van der Waals surface area contributed by atoms with E-state index in [0.29, 0.717) is 5.02 Å². The molecule has 1 aromatic heterocycles. The fourth-order valence-corrected chi connectivity index (χ4v) is 2.25. The van der Waals surface area contributed by atoms with Crippen LogP contribution < -0.4 is 5.73 Å². The first-order chi connectivity index (χ1) is 10.1. The molecule has 0 aliphatic carbocycles. The Hall–Kier alpha value is -2.40. The molecule has 0 saturated heterocycles. The lowest BCUT2D eigenvalue weighted by atomic mass is 10.0. The SMILES string of the molecule is Nc1noc(-c2cc(Cl)ccc2F)c1-c1ccccc1F. The van der Waals surface area contributed by atoms with Crippen molar-refractivity contribution in [1.82, 2.24) is 5.16 Å². The lowest BCUT2D eigenvalue weighted by Gasteiger charge is -2.05. The zero-order valence-corrected chi connectivity index (χ0v) is 11.4. The monoisotopic (exact) mass is 306 g/mol. The number of benzene rings is 2. The van der Waals surface area contributed by atoms with Crippen molar-refractivity contribution in [2.24, 2.45) is 0 Å². The van der Waals surface area contributed by atoms with Gasteiger partial charge in [-0.25, -0.2) is 8.78 Å². The van der Waals surface area contributed by atoms with E-state index < -0.39 is 11.6 Å². The molecule has 3 aromatic rings. The van der Waals surface area contributed by atoms with Crippen LogP contribution in [0.3, 0.4) is 0 Å². The minimum absolute atomic E-state index is 0.0190. The molecule has 0 saturated carbocycles. The molecule has 2 aromatic carbocycles. The molecular weight excluding hydrogens is 298 g/mol. The lowest BCUT2D eigenvalue weighted by molar-refractivity contribution is 0.433. The van der Waals surface area contributed by atoms with Crippen molar-refractivity contribution in [3.05, 3.63) is 59.1 Å². The molecular formula is C15H9ClF2N2O. The van der Waals surface area contributed by atoms with E-state index in [4.69, 9.17) is 21.9 Å². The smallest absolute Gasteiger partial charge is 0.180 e.